The third-order valence-electron chi connectivity index (χ3n) is 3.53. The molecule has 3 nitrogen and oxygen atoms in total. The molecule has 0 aromatic carbocycles. The minimum absolute atomic E-state index is 0.327. The summed E-state index contributed by atoms with van der Waals surface area (Å²) in [6, 6.07) is 0.509. The maximum atomic E-state index is 11.1. The van der Waals surface area contributed by atoms with E-state index in [4.69, 9.17) is 0 Å². The molecule has 1 saturated carbocycles. The number of rotatable bonds is 8. The van der Waals surface area contributed by atoms with Crippen LogP contribution in [0.15, 0.2) is 0 Å². The van der Waals surface area contributed by atoms with Crippen molar-refractivity contribution in [3.8, 4) is 0 Å². The zero-order valence-corrected chi connectivity index (χ0v) is 11.6. The molecular weight excluding hydrogens is 222 g/mol. The Kier molecular flexibility index (Phi) is 4.80. The van der Waals surface area contributed by atoms with Gasteiger partial charge in [-0.05, 0) is 44.1 Å². The molecule has 1 fully saturated rings. The Morgan fingerprint density at radius 1 is 1.38 bits per heavy atom. The van der Waals surface area contributed by atoms with Crippen LogP contribution in [0.5, 0.6) is 0 Å². The molecule has 0 aromatic rings. The lowest BCUT2D eigenvalue weighted by Crippen LogP contribution is -2.37. The van der Waals surface area contributed by atoms with Crippen LogP contribution < -0.4 is 5.32 Å². The lowest BCUT2D eigenvalue weighted by atomic mass is 9.94. The van der Waals surface area contributed by atoms with E-state index in [1.165, 1.54) is 19.1 Å². The van der Waals surface area contributed by atoms with Gasteiger partial charge in [-0.2, -0.15) is 0 Å². The van der Waals surface area contributed by atoms with E-state index in [2.05, 4.69) is 19.2 Å². The smallest absolute Gasteiger partial charge is 0.147 e. The molecule has 0 aromatic heterocycles. The molecule has 16 heavy (non-hydrogen) atoms. The summed E-state index contributed by atoms with van der Waals surface area (Å²) in [5.74, 6) is 0.327. The molecular formula is C12H25NO2S. The minimum Gasteiger partial charge on any atom is -0.313 e. The second-order valence-corrected chi connectivity index (χ2v) is 7.69. The van der Waals surface area contributed by atoms with Crippen molar-refractivity contribution in [2.24, 2.45) is 5.41 Å². The largest absolute Gasteiger partial charge is 0.313 e. The Morgan fingerprint density at radius 3 is 2.44 bits per heavy atom. The van der Waals surface area contributed by atoms with Gasteiger partial charge in [0, 0.05) is 18.1 Å². The van der Waals surface area contributed by atoms with E-state index in [0.717, 1.165) is 25.8 Å². The first-order chi connectivity index (χ1) is 7.37. The highest BCUT2D eigenvalue weighted by Crippen LogP contribution is 2.49. The molecule has 1 atom stereocenters. The summed E-state index contributed by atoms with van der Waals surface area (Å²) in [6.07, 6.45) is 6.80. The van der Waals surface area contributed by atoms with Gasteiger partial charge >= 0.3 is 0 Å². The van der Waals surface area contributed by atoms with Gasteiger partial charge in [-0.3, -0.25) is 0 Å². The van der Waals surface area contributed by atoms with Gasteiger partial charge in [0.2, 0.25) is 0 Å². The van der Waals surface area contributed by atoms with E-state index in [9.17, 15) is 8.42 Å². The first-order valence-corrected chi connectivity index (χ1v) is 8.34. The van der Waals surface area contributed by atoms with Crippen LogP contribution in [0.1, 0.15) is 46.0 Å². The van der Waals surface area contributed by atoms with Gasteiger partial charge in [0.05, 0.1) is 0 Å². The maximum Gasteiger partial charge on any atom is 0.147 e. The maximum absolute atomic E-state index is 11.1. The lowest BCUT2D eigenvalue weighted by molar-refractivity contribution is 0.335. The normalized spacial score (nSPS) is 20.7. The first-order valence-electron chi connectivity index (χ1n) is 6.28. The average Bonchev–Trinajstić information content (AvgIpc) is 2.89. The van der Waals surface area contributed by atoms with Gasteiger partial charge in [0.1, 0.15) is 9.84 Å². The highest BCUT2D eigenvalue weighted by Gasteiger charge is 2.43. The number of hydrogen-bond donors (Lipinski definition) is 1. The summed E-state index contributed by atoms with van der Waals surface area (Å²) in [4.78, 5) is 0. The summed E-state index contributed by atoms with van der Waals surface area (Å²) in [6.45, 7) is 5.51. The fourth-order valence-electron chi connectivity index (χ4n) is 2.11. The average molecular weight is 247 g/mol. The summed E-state index contributed by atoms with van der Waals surface area (Å²) >= 11 is 0. The fourth-order valence-corrected chi connectivity index (χ4v) is 2.80. The summed E-state index contributed by atoms with van der Waals surface area (Å²) in [7, 11) is -2.79. The van der Waals surface area contributed by atoms with E-state index in [0.29, 0.717) is 17.2 Å². The Bertz CT molecular complexity index is 307. The summed E-state index contributed by atoms with van der Waals surface area (Å²) in [5.41, 5.74) is 0.437. The molecule has 0 spiro atoms. The zero-order valence-electron chi connectivity index (χ0n) is 10.8. The van der Waals surface area contributed by atoms with Crippen LogP contribution in [0.25, 0.3) is 0 Å². The van der Waals surface area contributed by atoms with Crippen molar-refractivity contribution in [2.45, 2.75) is 52.0 Å². The molecule has 1 aliphatic rings. The van der Waals surface area contributed by atoms with Crippen LogP contribution in [-0.2, 0) is 9.84 Å². The molecule has 1 aliphatic carbocycles. The SMILES string of the molecule is CCCNC(CCCS(C)(=O)=O)C1(C)CC1. The molecule has 1 unspecified atom stereocenters. The van der Waals surface area contributed by atoms with Crippen LogP contribution in [0.2, 0.25) is 0 Å². The quantitative estimate of drug-likeness (QED) is 0.713. The van der Waals surface area contributed by atoms with E-state index < -0.39 is 9.84 Å². The van der Waals surface area contributed by atoms with Crippen LogP contribution >= 0.6 is 0 Å². The Balaban J connectivity index is 2.33. The molecule has 0 aliphatic heterocycles. The molecule has 96 valence electrons. The van der Waals surface area contributed by atoms with Crippen molar-refractivity contribution in [2.75, 3.05) is 18.6 Å². The van der Waals surface area contributed by atoms with E-state index in [-0.39, 0.29) is 0 Å². The summed E-state index contributed by atoms with van der Waals surface area (Å²) < 4.78 is 22.1. The monoisotopic (exact) mass is 247 g/mol. The number of hydrogen-bond acceptors (Lipinski definition) is 3. The highest BCUT2D eigenvalue weighted by molar-refractivity contribution is 7.90. The molecule has 0 saturated heterocycles. The van der Waals surface area contributed by atoms with Crippen molar-refractivity contribution in [1.29, 1.82) is 0 Å². The van der Waals surface area contributed by atoms with Gasteiger partial charge in [0.25, 0.3) is 0 Å². The van der Waals surface area contributed by atoms with Crippen LogP contribution in [0.4, 0.5) is 0 Å². The van der Waals surface area contributed by atoms with E-state index >= 15 is 0 Å². The lowest BCUT2D eigenvalue weighted by Gasteiger charge is -2.24. The third-order valence-corrected chi connectivity index (χ3v) is 4.56. The van der Waals surface area contributed by atoms with E-state index in [1.807, 2.05) is 0 Å². The van der Waals surface area contributed by atoms with Crippen molar-refractivity contribution < 1.29 is 8.42 Å². The van der Waals surface area contributed by atoms with Crippen LogP contribution in [0, 0.1) is 5.41 Å². The fraction of sp³-hybridized carbons (Fsp3) is 1.00. The molecule has 0 bridgehead atoms. The molecule has 1 N–H and O–H groups in total. The molecule has 0 radical (unpaired) electrons. The third kappa shape index (κ3) is 4.83. The number of sulfone groups is 1. The predicted octanol–water partition coefficient (Wildman–Crippen LogP) is 1.98. The minimum atomic E-state index is -2.79. The van der Waals surface area contributed by atoms with E-state index in [1.54, 1.807) is 0 Å². The highest BCUT2D eigenvalue weighted by atomic mass is 32.2. The van der Waals surface area contributed by atoms with Gasteiger partial charge in [-0.1, -0.05) is 13.8 Å². The van der Waals surface area contributed by atoms with Crippen molar-refractivity contribution in [3.63, 3.8) is 0 Å². The summed E-state index contributed by atoms with van der Waals surface area (Å²) in [5, 5.41) is 3.56. The first kappa shape index (κ1) is 14.0. The van der Waals surface area contributed by atoms with Gasteiger partial charge in [-0.25, -0.2) is 8.42 Å². The molecule has 4 heteroatoms. The second kappa shape index (κ2) is 5.50. The van der Waals surface area contributed by atoms with Gasteiger partial charge in [0.15, 0.2) is 0 Å². The molecule has 0 amide bonds. The second-order valence-electron chi connectivity index (χ2n) is 5.43. The number of nitrogens with one attached hydrogen (secondary N) is 1. The Hall–Kier alpha value is -0.0900. The van der Waals surface area contributed by atoms with Crippen molar-refractivity contribution >= 4 is 9.84 Å². The predicted molar refractivity (Wildman–Crippen MR) is 68.4 cm³/mol. The Morgan fingerprint density at radius 2 is 2.00 bits per heavy atom. The molecule has 1 rings (SSSR count). The zero-order chi connectivity index (χ0) is 12.2. The standard InChI is InChI=1S/C12H25NO2S/c1-4-9-13-11(12(2)7-8-12)6-5-10-16(3,14)15/h11,13H,4-10H2,1-3H3. The van der Waals surface area contributed by atoms with Crippen LogP contribution in [-0.4, -0.2) is 33.0 Å². The molecule has 0 heterocycles. The Labute approximate surface area is 99.9 Å². The van der Waals surface area contributed by atoms with Crippen LogP contribution in [0.3, 0.4) is 0 Å². The topological polar surface area (TPSA) is 46.2 Å². The van der Waals surface area contributed by atoms with Gasteiger partial charge in [-0.15, -0.1) is 0 Å². The van der Waals surface area contributed by atoms with Gasteiger partial charge < -0.3 is 5.32 Å². The van der Waals surface area contributed by atoms with Crippen molar-refractivity contribution in [3.05, 3.63) is 0 Å². The van der Waals surface area contributed by atoms with Crippen molar-refractivity contribution in [1.82, 2.24) is 5.32 Å².